The van der Waals surface area contributed by atoms with Crippen molar-refractivity contribution in [3.63, 3.8) is 0 Å². The molecule has 0 bridgehead atoms. The number of sulfonamides is 1. The van der Waals surface area contributed by atoms with Crippen LogP contribution < -0.4 is 9.46 Å². The monoisotopic (exact) mass is 543 g/mol. The Bertz CT molecular complexity index is 1490. The van der Waals surface area contributed by atoms with E-state index in [0.29, 0.717) is 22.3 Å². The lowest BCUT2D eigenvalue weighted by molar-refractivity contribution is -0.384. The fourth-order valence-electron chi connectivity index (χ4n) is 3.46. The third-order valence-corrected chi connectivity index (χ3v) is 7.90. The molecule has 0 spiro atoms. The van der Waals surface area contributed by atoms with E-state index in [1.165, 1.54) is 67.4 Å². The third-order valence-electron chi connectivity index (χ3n) is 5.35. The average molecular weight is 544 g/mol. The van der Waals surface area contributed by atoms with Crippen LogP contribution in [0.4, 0.5) is 10.1 Å². The van der Waals surface area contributed by atoms with Crippen molar-refractivity contribution in [2.24, 2.45) is 0 Å². The van der Waals surface area contributed by atoms with Crippen LogP contribution in [0.3, 0.4) is 0 Å². The number of ether oxygens (including phenoxy) is 1. The molecule has 0 aliphatic rings. The van der Waals surface area contributed by atoms with Gasteiger partial charge in [-0.25, -0.2) is 17.5 Å². The Labute approximate surface area is 216 Å². The van der Waals surface area contributed by atoms with E-state index in [1.54, 1.807) is 35.8 Å². The number of methoxy groups -OCH3 is 1. The summed E-state index contributed by atoms with van der Waals surface area (Å²) in [6, 6.07) is 16.9. The second-order valence-electron chi connectivity index (χ2n) is 7.88. The zero-order valence-corrected chi connectivity index (χ0v) is 21.4. The summed E-state index contributed by atoms with van der Waals surface area (Å²) in [6.07, 6.45) is 0. The maximum Gasteiger partial charge on any atom is 0.269 e. The van der Waals surface area contributed by atoms with Gasteiger partial charge in [0.15, 0.2) is 11.0 Å². The molecule has 0 saturated carbocycles. The van der Waals surface area contributed by atoms with Crippen LogP contribution in [0.5, 0.6) is 5.75 Å². The smallest absolute Gasteiger partial charge is 0.269 e. The highest BCUT2D eigenvalue weighted by Crippen LogP contribution is 2.29. The summed E-state index contributed by atoms with van der Waals surface area (Å²) in [7, 11) is -2.43. The number of hydrogen-bond acceptors (Lipinski definition) is 8. The van der Waals surface area contributed by atoms with Gasteiger partial charge in [0.05, 0.1) is 23.0 Å². The number of halogens is 1. The molecule has 3 aromatic carbocycles. The van der Waals surface area contributed by atoms with Gasteiger partial charge >= 0.3 is 0 Å². The molecule has 0 amide bonds. The lowest BCUT2D eigenvalue weighted by atomic mass is 10.2. The molecule has 0 fully saturated rings. The molecule has 4 rings (SSSR count). The molecular formula is C24H22FN5O5S2. The number of hydrogen-bond donors (Lipinski definition) is 1. The minimum Gasteiger partial charge on any atom is -0.497 e. The summed E-state index contributed by atoms with van der Waals surface area (Å²) in [5.41, 5.74) is 1.27. The summed E-state index contributed by atoms with van der Waals surface area (Å²) in [5, 5.41) is 20.0. The van der Waals surface area contributed by atoms with E-state index in [-0.39, 0.29) is 22.2 Å². The molecule has 1 heterocycles. The number of thioether (sulfide) groups is 1. The fraction of sp³-hybridized carbons (Fsp3) is 0.167. The van der Waals surface area contributed by atoms with Gasteiger partial charge < -0.3 is 4.74 Å². The second kappa shape index (κ2) is 11.1. The minimum absolute atomic E-state index is 0.0486. The Kier molecular flexibility index (Phi) is 7.86. The molecule has 0 saturated heterocycles. The van der Waals surface area contributed by atoms with Crippen LogP contribution in [0, 0.1) is 15.9 Å². The van der Waals surface area contributed by atoms with Gasteiger partial charge in [0.25, 0.3) is 5.69 Å². The van der Waals surface area contributed by atoms with Crippen LogP contribution in [-0.4, -0.2) is 35.2 Å². The van der Waals surface area contributed by atoms with E-state index in [0.717, 1.165) is 5.56 Å². The maximum atomic E-state index is 13.3. The molecule has 1 unspecified atom stereocenters. The topological polar surface area (TPSA) is 129 Å². The molecule has 13 heteroatoms. The molecule has 0 radical (unpaired) electrons. The Balaban J connectivity index is 1.66. The number of nitrogens with zero attached hydrogens (tertiary/aromatic N) is 4. The van der Waals surface area contributed by atoms with Crippen molar-refractivity contribution in [3.8, 4) is 11.4 Å². The Hall–Kier alpha value is -3.81. The number of benzene rings is 3. The van der Waals surface area contributed by atoms with Crippen LogP contribution in [0.25, 0.3) is 5.69 Å². The summed E-state index contributed by atoms with van der Waals surface area (Å²) >= 11 is 1.31. The molecule has 0 aliphatic heterocycles. The van der Waals surface area contributed by atoms with E-state index >= 15 is 0 Å². The lowest BCUT2D eigenvalue weighted by Gasteiger charge is -2.16. The van der Waals surface area contributed by atoms with Crippen molar-refractivity contribution in [1.82, 2.24) is 19.5 Å². The van der Waals surface area contributed by atoms with E-state index in [2.05, 4.69) is 14.9 Å². The first-order chi connectivity index (χ1) is 17.7. The molecule has 0 aliphatic carbocycles. The van der Waals surface area contributed by atoms with Gasteiger partial charge in [-0.3, -0.25) is 14.7 Å². The van der Waals surface area contributed by atoms with Crippen molar-refractivity contribution < 1.29 is 22.5 Å². The molecule has 10 nitrogen and oxygen atoms in total. The first-order valence-electron chi connectivity index (χ1n) is 10.9. The highest BCUT2D eigenvalue weighted by molar-refractivity contribution is 7.98. The van der Waals surface area contributed by atoms with Crippen molar-refractivity contribution in [1.29, 1.82) is 0 Å². The zero-order valence-electron chi connectivity index (χ0n) is 19.7. The summed E-state index contributed by atoms with van der Waals surface area (Å²) in [4.78, 5) is 10.7. The number of non-ortho nitro benzene ring substituents is 1. The second-order valence-corrected chi connectivity index (χ2v) is 10.5. The minimum atomic E-state index is -3.92. The predicted molar refractivity (Wildman–Crippen MR) is 136 cm³/mol. The predicted octanol–water partition coefficient (Wildman–Crippen LogP) is 4.66. The molecule has 37 heavy (non-hydrogen) atoms. The number of aromatic nitrogens is 3. The van der Waals surface area contributed by atoms with Gasteiger partial charge in [-0.15, -0.1) is 10.2 Å². The molecule has 1 aromatic heterocycles. The maximum absolute atomic E-state index is 13.3. The Morgan fingerprint density at radius 3 is 2.30 bits per heavy atom. The summed E-state index contributed by atoms with van der Waals surface area (Å²) in [5.74, 6) is 0.903. The number of nitro groups is 1. The lowest BCUT2D eigenvalue weighted by Crippen LogP contribution is -2.28. The number of nitro benzene ring substituents is 1. The Morgan fingerprint density at radius 1 is 1.05 bits per heavy atom. The van der Waals surface area contributed by atoms with Gasteiger partial charge in [-0.1, -0.05) is 23.9 Å². The van der Waals surface area contributed by atoms with E-state index in [1.807, 2.05) is 0 Å². The zero-order chi connectivity index (χ0) is 26.6. The SMILES string of the molecule is COc1ccc(S(=O)(=O)NC(C)c2nnc(SCc3ccc(F)cc3)n2-c2ccc([N+](=O)[O-])cc2)cc1. The fourth-order valence-corrected chi connectivity index (χ4v) is 5.57. The first kappa shape index (κ1) is 26.3. The molecule has 4 aromatic rings. The van der Waals surface area contributed by atoms with Crippen LogP contribution in [0.2, 0.25) is 0 Å². The summed E-state index contributed by atoms with van der Waals surface area (Å²) in [6.45, 7) is 1.63. The van der Waals surface area contributed by atoms with Crippen molar-refractivity contribution in [2.45, 2.75) is 28.8 Å². The standard InChI is InChI=1S/C24H22FN5O5S2/c1-16(28-37(33,34)22-13-11-21(35-2)12-14-22)23-26-27-24(36-15-17-3-5-18(25)6-4-17)29(23)19-7-9-20(10-8-19)30(31)32/h3-14,16,28H,15H2,1-2H3. The van der Waals surface area contributed by atoms with Gasteiger partial charge in [0.2, 0.25) is 10.0 Å². The van der Waals surface area contributed by atoms with E-state index in [9.17, 15) is 22.9 Å². The normalized spacial score (nSPS) is 12.3. The Morgan fingerprint density at radius 2 is 1.70 bits per heavy atom. The molecule has 1 atom stereocenters. The van der Waals surface area contributed by atoms with Crippen LogP contribution in [-0.2, 0) is 15.8 Å². The molecular weight excluding hydrogens is 521 g/mol. The van der Waals surface area contributed by atoms with Gasteiger partial charge in [0, 0.05) is 23.6 Å². The number of nitrogens with one attached hydrogen (secondary N) is 1. The van der Waals surface area contributed by atoms with E-state index in [4.69, 9.17) is 4.74 Å². The molecule has 1 N–H and O–H groups in total. The van der Waals surface area contributed by atoms with Gasteiger partial charge in [-0.2, -0.15) is 0 Å². The summed E-state index contributed by atoms with van der Waals surface area (Å²) < 4.78 is 48.6. The van der Waals surface area contributed by atoms with Gasteiger partial charge in [-0.05, 0) is 61.0 Å². The van der Waals surface area contributed by atoms with Crippen LogP contribution in [0.1, 0.15) is 24.4 Å². The third kappa shape index (κ3) is 6.13. The number of rotatable bonds is 10. The van der Waals surface area contributed by atoms with Crippen molar-refractivity contribution in [3.05, 3.63) is 100 Å². The largest absolute Gasteiger partial charge is 0.497 e. The van der Waals surface area contributed by atoms with Crippen LogP contribution >= 0.6 is 11.8 Å². The van der Waals surface area contributed by atoms with Crippen molar-refractivity contribution in [2.75, 3.05) is 7.11 Å². The first-order valence-corrected chi connectivity index (χ1v) is 13.4. The van der Waals surface area contributed by atoms with Gasteiger partial charge in [0.1, 0.15) is 11.6 Å². The average Bonchev–Trinajstić information content (AvgIpc) is 3.32. The molecule has 192 valence electrons. The highest BCUT2D eigenvalue weighted by Gasteiger charge is 2.25. The highest BCUT2D eigenvalue weighted by atomic mass is 32.2. The van der Waals surface area contributed by atoms with Crippen molar-refractivity contribution >= 4 is 27.5 Å². The van der Waals surface area contributed by atoms with Crippen LogP contribution in [0.15, 0.2) is 82.8 Å². The quantitative estimate of drug-likeness (QED) is 0.174. The van der Waals surface area contributed by atoms with E-state index < -0.39 is 21.0 Å².